The van der Waals surface area contributed by atoms with Crippen molar-refractivity contribution in [2.75, 3.05) is 18.5 Å². The normalized spacial score (nSPS) is 12.2. The summed E-state index contributed by atoms with van der Waals surface area (Å²) in [5.41, 5.74) is 2.41. The molecule has 0 atom stereocenters. The molecular weight excluding hydrogens is 514 g/mol. The van der Waals surface area contributed by atoms with Crippen molar-refractivity contribution in [2.45, 2.75) is 27.3 Å². The summed E-state index contributed by atoms with van der Waals surface area (Å²) in [6.45, 7) is 6.19. The minimum absolute atomic E-state index is 0.128. The van der Waals surface area contributed by atoms with E-state index in [4.69, 9.17) is 9.47 Å². The fraction of sp³-hybridized carbons (Fsp3) is 0.233. The minimum Gasteiger partial charge on any atom is -0.434 e. The van der Waals surface area contributed by atoms with Crippen LogP contribution in [0, 0.1) is 5.92 Å². The second-order valence-corrected chi connectivity index (χ2v) is 9.52. The second kappa shape index (κ2) is 12.2. The third kappa shape index (κ3) is 6.52. The van der Waals surface area contributed by atoms with Gasteiger partial charge in [-0.1, -0.05) is 26.0 Å². The van der Waals surface area contributed by atoms with Crippen molar-refractivity contribution in [3.8, 4) is 5.75 Å². The Morgan fingerprint density at radius 3 is 2.25 bits per heavy atom. The molecule has 0 unspecified atom stereocenters. The van der Waals surface area contributed by atoms with Gasteiger partial charge in [0.25, 0.3) is 23.6 Å². The number of hydrogen-bond donors (Lipinski definition) is 2. The molecule has 0 bridgehead atoms. The van der Waals surface area contributed by atoms with E-state index in [1.807, 2.05) is 13.8 Å². The Morgan fingerprint density at radius 2 is 1.55 bits per heavy atom. The lowest BCUT2D eigenvalue weighted by Crippen LogP contribution is -2.33. The van der Waals surface area contributed by atoms with Crippen LogP contribution in [-0.4, -0.2) is 47.8 Å². The van der Waals surface area contributed by atoms with Gasteiger partial charge in [0.05, 0.1) is 17.7 Å². The predicted octanol–water partition coefficient (Wildman–Crippen LogP) is 4.66. The molecule has 4 rings (SSSR count). The topological polar surface area (TPSA) is 131 Å². The molecule has 1 aliphatic rings. The number of nitrogens with one attached hydrogen (secondary N) is 2. The van der Waals surface area contributed by atoms with Crippen molar-refractivity contribution in [3.05, 3.63) is 94.5 Å². The second-order valence-electron chi connectivity index (χ2n) is 9.52. The van der Waals surface area contributed by atoms with Crippen LogP contribution in [0.1, 0.15) is 67.8 Å². The van der Waals surface area contributed by atoms with Gasteiger partial charge in [-0.3, -0.25) is 24.1 Å². The molecule has 10 heteroatoms. The highest BCUT2D eigenvalue weighted by Gasteiger charge is 2.36. The van der Waals surface area contributed by atoms with Gasteiger partial charge in [-0.15, -0.1) is 0 Å². The maximum Gasteiger partial charge on any atom is 0.513 e. The molecule has 3 aromatic rings. The third-order valence-corrected chi connectivity index (χ3v) is 6.00. The van der Waals surface area contributed by atoms with Crippen LogP contribution < -0.4 is 15.4 Å². The first-order valence-electron chi connectivity index (χ1n) is 12.8. The SMILES string of the molecule is CCOC(=O)Oc1ccc(C(=O)Nc2cccc(CNC(=O)c3ccc4c(c3)C(=O)N(CC(C)C)C4=O)c2)cc1. The first kappa shape index (κ1) is 28.0. The van der Waals surface area contributed by atoms with Crippen LogP contribution in [-0.2, 0) is 11.3 Å². The third-order valence-electron chi connectivity index (χ3n) is 6.00. The van der Waals surface area contributed by atoms with E-state index in [0.717, 1.165) is 5.56 Å². The Bertz CT molecular complexity index is 1460. The largest absolute Gasteiger partial charge is 0.513 e. The summed E-state index contributed by atoms with van der Waals surface area (Å²) in [5.74, 6) is -1.13. The van der Waals surface area contributed by atoms with Crippen molar-refractivity contribution < 1.29 is 33.4 Å². The zero-order valence-corrected chi connectivity index (χ0v) is 22.4. The monoisotopic (exact) mass is 543 g/mol. The lowest BCUT2D eigenvalue weighted by atomic mass is 10.1. The molecular formula is C30H29N3O7. The number of carbonyl (C=O) groups excluding carboxylic acids is 5. The van der Waals surface area contributed by atoms with Gasteiger partial charge in [0.1, 0.15) is 5.75 Å². The molecule has 0 spiro atoms. The fourth-order valence-electron chi connectivity index (χ4n) is 4.13. The molecule has 1 heterocycles. The molecule has 3 aromatic carbocycles. The number of fused-ring (bicyclic) bond motifs is 1. The highest BCUT2D eigenvalue weighted by molar-refractivity contribution is 6.22. The predicted molar refractivity (Wildman–Crippen MR) is 146 cm³/mol. The van der Waals surface area contributed by atoms with Crippen LogP contribution in [0.25, 0.3) is 0 Å². The van der Waals surface area contributed by atoms with E-state index >= 15 is 0 Å². The summed E-state index contributed by atoms with van der Waals surface area (Å²) in [5, 5.41) is 5.60. The van der Waals surface area contributed by atoms with E-state index in [2.05, 4.69) is 10.6 Å². The summed E-state index contributed by atoms with van der Waals surface area (Å²) in [6, 6.07) is 17.5. The molecule has 0 saturated heterocycles. The van der Waals surface area contributed by atoms with Gasteiger partial charge in [-0.2, -0.15) is 0 Å². The standard InChI is InChI=1S/C30H29N3O7/c1-4-39-30(38)40-23-11-8-20(9-12-23)27(35)32-22-7-5-6-19(14-22)16-31-26(34)21-10-13-24-25(15-21)29(37)33(28(24)36)17-18(2)3/h5-15,18H,4,16-17H2,1-3H3,(H,31,34)(H,32,35). The molecule has 0 saturated carbocycles. The Kier molecular flexibility index (Phi) is 8.58. The van der Waals surface area contributed by atoms with Crippen LogP contribution >= 0.6 is 0 Å². The molecule has 1 aliphatic heterocycles. The molecule has 40 heavy (non-hydrogen) atoms. The Morgan fingerprint density at radius 1 is 0.850 bits per heavy atom. The van der Waals surface area contributed by atoms with Gasteiger partial charge in [0.2, 0.25) is 0 Å². The average molecular weight is 544 g/mol. The molecule has 206 valence electrons. The van der Waals surface area contributed by atoms with Gasteiger partial charge in [0, 0.05) is 29.9 Å². The number of hydrogen-bond acceptors (Lipinski definition) is 7. The number of ether oxygens (including phenoxy) is 2. The smallest absolute Gasteiger partial charge is 0.434 e. The van der Waals surface area contributed by atoms with Crippen LogP contribution in [0.4, 0.5) is 10.5 Å². The highest BCUT2D eigenvalue weighted by Crippen LogP contribution is 2.25. The Hall–Kier alpha value is -4.99. The number of carbonyl (C=O) groups is 5. The molecule has 0 radical (unpaired) electrons. The van der Waals surface area contributed by atoms with Gasteiger partial charge in [0.15, 0.2) is 0 Å². The lowest BCUT2D eigenvalue weighted by Gasteiger charge is -2.15. The molecule has 2 N–H and O–H groups in total. The summed E-state index contributed by atoms with van der Waals surface area (Å²) >= 11 is 0. The van der Waals surface area contributed by atoms with Crippen LogP contribution in [0.3, 0.4) is 0 Å². The number of imide groups is 1. The van der Waals surface area contributed by atoms with Crippen LogP contribution in [0.15, 0.2) is 66.7 Å². The van der Waals surface area contributed by atoms with E-state index in [9.17, 15) is 24.0 Å². The molecule has 0 aliphatic carbocycles. The van der Waals surface area contributed by atoms with Crippen molar-refractivity contribution in [2.24, 2.45) is 5.92 Å². The maximum atomic E-state index is 12.8. The fourth-order valence-corrected chi connectivity index (χ4v) is 4.13. The van der Waals surface area contributed by atoms with Crippen LogP contribution in [0.5, 0.6) is 5.75 Å². The number of anilines is 1. The van der Waals surface area contributed by atoms with E-state index in [1.165, 1.54) is 47.4 Å². The van der Waals surface area contributed by atoms with Gasteiger partial charge in [-0.05, 0) is 73.0 Å². The van der Waals surface area contributed by atoms with Crippen molar-refractivity contribution >= 4 is 35.5 Å². The number of nitrogens with zero attached hydrogens (tertiary/aromatic N) is 1. The van der Waals surface area contributed by atoms with E-state index in [-0.39, 0.29) is 47.8 Å². The average Bonchev–Trinajstić information content (AvgIpc) is 3.16. The van der Waals surface area contributed by atoms with Gasteiger partial charge >= 0.3 is 6.16 Å². The first-order valence-corrected chi connectivity index (χ1v) is 12.8. The molecule has 4 amide bonds. The quantitative estimate of drug-likeness (QED) is 0.228. The summed E-state index contributed by atoms with van der Waals surface area (Å²) in [7, 11) is 0. The Balaban J connectivity index is 1.35. The number of rotatable bonds is 9. The van der Waals surface area contributed by atoms with E-state index < -0.39 is 18.0 Å². The zero-order valence-electron chi connectivity index (χ0n) is 22.4. The van der Waals surface area contributed by atoms with E-state index in [0.29, 0.717) is 23.4 Å². The van der Waals surface area contributed by atoms with Crippen LogP contribution in [0.2, 0.25) is 0 Å². The lowest BCUT2D eigenvalue weighted by molar-refractivity contribution is 0.0635. The molecule has 0 aromatic heterocycles. The van der Waals surface area contributed by atoms with Gasteiger partial charge < -0.3 is 20.1 Å². The maximum absolute atomic E-state index is 12.8. The number of benzene rings is 3. The van der Waals surface area contributed by atoms with Gasteiger partial charge in [-0.25, -0.2) is 4.79 Å². The molecule has 0 fully saturated rings. The first-order chi connectivity index (χ1) is 19.2. The minimum atomic E-state index is -0.823. The summed E-state index contributed by atoms with van der Waals surface area (Å²) in [4.78, 5) is 63.4. The van der Waals surface area contributed by atoms with E-state index in [1.54, 1.807) is 31.2 Å². The zero-order chi connectivity index (χ0) is 28.8. The van der Waals surface area contributed by atoms with Crippen molar-refractivity contribution in [1.29, 1.82) is 0 Å². The summed E-state index contributed by atoms with van der Waals surface area (Å²) in [6.07, 6.45) is -0.823. The van der Waals surface area contributed by atoms with Crippen molar-refractivity contribution in [3.63, 3.8) is 0 Å². The highest BCUT2D eigenvalue weighted by atomic mass is 16.7. The number of amides is 4. The summed E-state index contributed by atoms with van der Waals surface area (Å²) < 4.78 is 9.71. The van der Waals surface area contributed by atoms with Crippen molar-refractivity contribution in [1.82, 2.24) is 10.2 Å². The Labute approximate surface area is 231 Å². The molecule has 10 nitrogen and oxygen atoms in total.